The van der Waals surface area contributed by atoms with E-state index in [1.165, 1.54) is 6.07 Å². The zero-order valence-electron chi connectivity index (χ0n) is 9.08. The Labute approximate surface area is 102 Å². The van der Waals surface area contributed by atoms with E-state index >= 15 is 0 Å². The Morgan fingerprint density at radius 3 is 2.82 bits per heavy atom. The summed E-state index contributed by atoms with van der Waals surface area (Å²) in [6, 6.07) is 4.72. The van der Waals surface area contributed by atoms with E-state index in [1.54, 1.807) is 12.1 Å². The zero-order chi connectivity index (χ0) is 12.6. The van der Waals surface area contributed by atoms with Crippen LogP contribution in [0.25, 0.3) is 10.9 Å². The van der Waals surface area contributed by atoms with Crippen LogP contribution in [-0.4, -0.2) is 16.1 Å². The number of fused-ring (bicyclic) bond motifs is 1. The first-order valence-electron chi connectivity index (χ1n) is 5.02. The van der Waals surface area contributed by atoms with Crippen molar-refractivity contribution in [2.24, 2.45) is 0 Å². The Balaban J connectivity index is 2.77. The van der Waals surface area contributed by atoms with Crippen molar-refractivity contribution in [2.45, 2.75) is 13.3 Å². The largest absolute Gasteiger partial charge is 0.481 e. The van der Waals surface area contributed by atoms with Gasteiger partial charge in [-0.2, -0.15) is 0 Å². The first-order chi connectivity index (χ1) is 7.99. The lowest BCUT2D eigenvalue weighted by Gasteiger charge is -2.06. The molecule has 17 heavy (non-hydrogen) atoms. The fourth-order valence-electron chi connectivity index (χ4n) is 1.77. The molecular weight excluding hydrogens is 242 g/mol. The summed E-state index contributed by atoms with van der Waals surface area (Å²) in [7, 11) is 0. The van der Waals surface area contributed by atoms with Crippen molar-refractivity contribution in [1.82, 2.24) is 4.98 Å². The number of H-pyrrole nitrogens is 1. The molecule has 0 fully saturated rings. The Morgan fingerprint density at radius 2 is 2.18 bits per heavy atom. The van der Waals surface area contributed by atoms with Crippen LogP contribution in [0.5, 0.6) is 0 Å². The first kappa shape index (κ1) is 11.7. The van der Waals surface area contributed by atoms with Crippen LogP contribution < -0.4 is 5.43 Å². The summed E-state index contributed by atoms with van der Waals surface area (Å²) in [4.78, 5) is 25.4. The molecule has 1 aromatic heterocycles. The molecule has 2 rings (SSSR count). The van der Waals surface area contributed by atoms with Gasteiger partial charge in [0.25, 0.3) is 0 Å². The molecule has 88 valence electrons. The highest BCUT2D eigenvalue weighted by molar-refractivity contribution is 6.35. The zero-order valence-corrected chi connectivity index (χ0v) is 9.84. The lowest BCUT2D eigenvalue weighted by atomic mass is 10.1. The van der Waals surface area contributed by atoms with Gasteiger partial charge in [0, 0.05) is 11.8 Å². The van der Waals surface area contributed by atoms with Gasteiger partial charge in [-0.15, -0.1) is 0 Å². The van der Waals surface area contributed by atoms with Crippen LogP contribution in [0.4, 0.5) is 0 Å². The van der Waals surface area contributed by atoms with E-state index in [4.69, 9.17) is 16.7 Å². The number of pyridine rings is 1. The molecule has 0 saturated heterocycles. The minimum atomic E-state index is -0.986. The number of aliphatic carboxylic acids is 1. The second-order valence-corrected chi connectivity index (χ2v) is 4.25. The third-order valence-electron chi connectivity index (χ3n) is 2.54. The molecule has 0 amide bonds. The summed E-state index contributed by atoms with van der Waals surface area (Å²) < 4.78 is 0. The van der Waals surface area contributed by atoms with Gasteiger partial charge in [-0.05, 0) is 18.6 Å². The normalized spacial score (nSPS) is 10.7. The van der Waals surface area contributed by atoms with Gasteiger partial charge < -0.3 is 10.1 Å². The number of halogens is 1. The Hall–Kier alpha value is -1.81. The number of benzene rings is 1. The van der Waals surface area contributed by atoms with E-state index < -0.39 is 5.97 Å². The summed E-state index contributed by atoms with van der Waals surface area (Å²) in [5.41, 5.74) is 1.57. The van der Waals surface area contributed by atoms with Gasteiger partial charge in [-0.3, -0.25) is 9.59 Å². The summed E-state index contributed by atoms with van der Waals surface area (Å²) in [6.07, 6.45) is -0.211. The van der Waals surface area contributed by atoms with Crippen molar-refractivity contribution in [3.63, 3.8) is 0 Å². The number of carboxylic acid groups (broad SMARTS) is 1. The minimum absolute atomic E-state index is 0.211. The number of aryl methyl sites for hydroxylation is 1. The lowest BCUT2D eigenvalue weighted by Crippen LogP contribution is -2.10. The molecule has 2 aromatic rings. The highest BCUT2D eigenvalue weighted by Gasteiger charge is 2.09. The topological polar surface area (TPSA) is 70.2 Å². The van der Waals surface area contributed by atoms with E-state index in [0.29, 0.717) is 21.6 Å². The van der Waals surface area contributed by atoms with Crippen molar-refractivity contribution < 1.29 is 9.90 Å². The average molecular weight is 252 g/mol. The minimum Gasteiger partial charge on any atom is -0.481 e. The molecule has 0 aliphatic heterocycles. The second-order valence-electron chi connectivity index (χ2n) is 3.84. The van der Waals surface area contributed by atoms with Crippen molar-refractivity contribution in [3.05, 3.63) is 44.7 Å². The summed E-state index contributed by atoms with van der Waals surface area (Å²) in [5.74, 6) is -0.986. The van der Waals surface area contributed by atoms with E-state index in [9.17, 15) is 9.59 Å². The van der Waals surface area contributed by atoms with Crippen LogP contribution in [0.1, 0.15) is 11.3 Å². The Bertz CT molecular complexity index is 661. The van der Waals surface area contributed by atoms with Crippen LogP contribution >= 0.6 is 11.6 Å². The number of nitrogens with one attached hydrogen (secondary N) is 1. The molecule has 0 radical (unpaired) electrons. The van der Waals surface area contributed by atoms with E-state index in [0.717, 1.165) is 5.56 Å². The third-order valence-corrected chi connectivity index (χ3v) is 2.86. The monoisotopic (exact) mass is 251 g/mol. The number of hydrogen-bond donors (Lipinski definition) is 2. The number of aromatic nitrogens is 1. The van der Waals surface area contributed by atoms with E-state index in [1.807, 2.05) is 6.92 Å². The molecule has 2 N–H and O–H groups in total. The number of hydrogen-bond acceptors (Lipinski definition) is 2. The van der Waals surface area contributed by atoms with Gasteiger partial charge in [0.15, 0.2) is 5.43 Å². The molecule has 0 bridgehead atoms. The summed E-state index contributed by atoms with van der Waals surface area (Å²) >= 11 is 5.96. The fourth-order valence-corrected chi connectivity index (χ4v) is 2.02. The SMILES string of the molecule is Cc1ccc(Cl)c2c(=O)cc(CC(=O)O)[nH]c12. The maximum atomic E-state index is 11.9. The van der Waals surface area contributed by atoms with Gasteiger partial charge >= 0.3 is 5.97 Å². The molecule has 0 saturated carbocycles. The van der Waals surface area contributed by atoms with Crippen molar-refractivity contribution in [2.75, 3.05) is 0 Å². The predicted molar refractivity (Wildman–Crippen MR) is 65.7 cm³/mol. The van der Waals surface area contributed by atoms with Gasteiger partial charge in [-0.25, -0.2) is 0 Å². The van der Waals surface area contributed by atoms with E-state index in [-0.39, 0.29) is 11.8 Å². The molecule has 5 heteroatoms. The molecular formula is C12H10ClNO3. The average Bonchev–Trinajstić information content (AvgIpc) is 2.22. The predicted octanol–water partition coefficient (Wildman–Crippen LogP) is 2.12. The maximum Gasteiger partial charge on any atom is 0.309 e. The number of rotatable bonds is 2. The van der Waals surface area contributed by atoms with Gasteiger partial charge in [0.2, 0.25) is 0 Å². The smallest absolute Gasteiger partial charge is 0.309 e. The lowest BCUT2D eigenvalue weighted by molar-refractivity contribution is -0.136. The number of carbonyl (C=O) groups is 1. The molecule has 0 unspecified atom stereocenters. The highest BCUT2D eigenvalue weighted by atomic mass is 35.5. The Kier molecular flexibility index (Phi) is 2.90. The molecule has 1 aromatic carbocycles. The molecule has 0 spiro atoms. The molecule has 1 heterocycles. The quantitative estimate of drug-likeness (QED) is 0.859. The van der Waals surface area contributed by atoms with Crippen LogP contribution in [0.15, 0.2) is 23.0 Å². The molecule has 0 aliphatic carbocycles. The third kappa shape index (κ3) is 2.17. The maximum absolute atomic E-state index is 11.9. The molecule has 4 nitrogen and oxygen atoms in total. The van der Waals surface area contributed by atoms with Crippen LogP contribution in [0.3, 0.4) is 0 Å². The molecule has 0 atom stereocenters. The van der Waals surface area contributed by atoms with Crippen LogP contribution in [-0.2, 0) is 11.2 Å². The van der Waals surface area contributed by atoms with Crippen LogP contribution in [0, 0.1) is 6.92 Å². The van der Waals surface area contributed by atoms with Crippen molar-refractivity contribution in [3.8, 4) is 0 Å². The highest BCUT2D eigenvalue weighted by Crippen LogP contribution is 2.22. The van der Waals surface area contributed by atoms with Crippen LogP contribution in [0.2, 0.25) is 5.02 Å². The van der Waals surface area contributed by atoms with Gasteiger partial charge in [-0.1, -0.05) is 17.7 Å². The fraction of sp³-hybridized carbons (Fsp3) is 0.167. The van der Waals surface area contributed by atoms with Gasteiger partial charge in [0.05, 0.1) is 22.3 Å². The number of aromatic amines is 1. The van der Waals surface area contributed by atoms with Gasteiger partial charge in [0.1, 0.15) is 0 Å². The van der Waals surface area contributed by atoms with Crippen molar-refractivity contribution in [1.29, 1.82) is 0 Å². The number of carboxylic acids is 1. The molecule has 0 aliphatic rings. The summed E-state index contributed by atoms with van der Waals surface area (Å²) in [5, 5.41) is 9.48. The van der Waals surface area contributed by atoms with Crippen molar-refractivity contribution >= 4 is 28.5 Å². The first-order valence-corrected chi connectivity index (χ1v) is 5.39. The standard InChI is InChI=1S/C12H10ClNO3/c1-6-2-3-8(13)11-9(15)4-7(5-10(16)17)14-12(6)11/h2-4H,5H2,1H3,(H,14,15)(H,16,17). The summed E-state index contributed by atoms with van der Waals surface area (Å²) in [6.45, 7) is 1.83. The van der Waals surface area contributed by atoms with E-state index in [2.05, 4.69) is 4.98 Å². The second kappa shape index (κ2) is 4.22. The Morgan fingerprint density at radius 1 is 1.47 bits per heavy atom.